The first kappa shape index (κ1) is 24.6. The number of nitrogens with zero attached hydrogens (tertiary/aromatic N) is 1. The number of phenols is 1. The molecule has 1 heterocycles. The molecule has 0 bridgehead atoms. The Bertz CT molecular complexity index is 1330. The molecule has 0 aliphatic carbocycles. The second kappa shape index (κ2) is 9.61. The van der Waals surface area contributed by atoms with Gasteiger partial charge in [-0.2, -0.15) is 8.42 Å². The number of carbonyl (C=O) groups is 1. The highest BCUT2D eigenvalue weighted by Gasteiger charge is 2.49. The van der Waals surface area contributed by atoms with Crippen molar-refractivity contribution in [3.8, 4) is 5.75 Å². The molecule has 1 aliphatic rings. The average molecular weight is 505 g/mol. The van der Waals surface area contributed by atoms with E-state index in [4.69, 9.17) is 4.55 Å². The van der Waals surface area contributed by atoms with E-state index < -0.39 is 40.0 Å². The Morgan fingerprint density at radius 1 is 0.971 bits per heavy atom. The predicted molar refractivity (Wildman–Crippen MR) is 124 cm³/mol. The monoisotopic (exact) mass is 504 g/mol. The van der Waals surface area contributed by atoms with E-state index in [1.807, 2.05) is 4.72 Å². The molecular weight excluding hydrogens is 482 g/mol. The molecule has 3 unspecified atom stereocenters. The van der Waals surface area contributed by atoms with Crippen LogP contribution in [-0.2, 0) is 15.1 Å². The molecule has 3 aromatic carbocycles. The van der Waals surface area contributed by atoms with Gasteiger partial charge in [-0.25, -0.2) is 8.78 Å². The number of nitrogens with one attached hydrogen (secondary N) is 1. The molecule has 35 heavy (non-hydrogen) atoms. The van der Waals surface area contributed by atoms with E-state index in [0.717, 1.165) is 6.07 Å². The third kappa shape index (κ3) is 5.42. The second-order valence-corrected chi connectivity index (χ2v) is 9.39. The summed E-state index contributed by atoms with van der Waals surface area (Å²) in [4.78, 5) is 14.5. The Hall–Kier alpha value is -3.54. The first-order valence-electron chi connectivity index (χ1n) is 10.6. The molecule has 0 spiro atoms. The summed E-state index contributed by atoms with van der Waals surface area (Å²) in [6.07, 6.45) is -0.540. The van der Waals surface area contributed by atoms with Crippen molar-refractivity contribution in [2.75, 3.05) is 9.62 Å². The first-order valence-corrected chi connectivity index (χ1v) is 12.1. The summed E-state index contributed by atoms with van der Waals surface area (Å²) in [5.74, 6) is -2.20. The molecule has 0 aromatic heterocycles. The molecule has 3 atom stereocenters. The molecule has 1 fully saturated rings. The van der Waals surface area contributed by atoms with Gasteiger partial charge in [0.15, 0.2) is 0 Å². The number of phenolic OH excluding ortho intramolecular Hbond substituents is 1. The summed E-state index contributed by atoms with van der Waals surface area (Å²) in [6, 6.07) is 13.8. The lowest BCUT2D eigenvalue weighted by molar-refractivity contribution is -0.131. The van der Waals surface area contributed by atoms with Crippen LogP contribution < -0.4 is 9.62 Å². The number of hydrogen-bond acceptors (Lipinski definition) is 5. The molecule has 0 radical (unpaired) electrons. The Labute approximate surface area is 200 Å². The second-order valence-electron chi connectivity index (χ2n) is 8.23. The number of β-lactam (4-membered cyclic amide) rings is 1. The summed E-state index contributed by atoms with van der Waals surface area (Å²) in [6.45, 7) is 0. The standard InChI is InChI=1S/C24H22F2N2O6S/c25-15-3-1-14(2-4-15)21(29)12-11-20-23(28(24(20)31)18-8-5-16(26)6-9-18)19-10-7-17(13-22(19)30)27-35(32,33)34/h1-10,13,20-21,23,27,29-30H,11-12H2,(H,32,33,34). The van der Waals surface area contributed by atoms with Crippen LogP contribution in [0, 0.1) is 17.6 Å². The smallest absolute Gasteiger partial charge is 0.357 e. The van der Waals surface area contributed by atoms with Gasteiger partial charge in [0.05, 0.1) is 23.8 Å². The minimum atomic E-state index is -4.56. The van der Waals surface area contributed by atoms with Crippen molar-refractivity contribution in [3.63, 3.8) is 0 Å². The van der Waals surface area contributed by atoms with Crippen molar-refractivity contribution in [2.24, 2.45) is 5.92 Å². The van der Waals surface area contributed by atoms with Gasteiger partial charge in [0.25, 0.3) is 0 Å². The summed E-state index contributed by atoms with van der Waals surface area (Å²) in [5, 5.41) is 21.1. The third-order valence-corrected chi connectivity index (χ3v) is 6.41. The zero-order valence-corrected chi connectivity index (χ0v) is 19.0. The van der Waals surface area contributed by atoms with Crippen LogP contribution in [0.4, 0.5) is 20.2 Å². The van der Waals surface area contributed by atoms with E-state index in [9.17, 15) is 32.2 Å². The summed E-state index contributed by atoms with van der Waals surface area (Å²) < 4.78 is 59.6. The van der Waals surface area contributed by atoms with E-state index >= 15 is 0 Å². The van der Waals surface area contributed by atoms with Gasteiger partial charge >= 0.3 is 10.3 Å². The fraction of sp³-hybridized carbons (Fsp3) is 0.208. The number of amides is 1. The van der Waals surface area contributed by atoms with E-state index in [-0.39, 0.29) is 30.2 Å². The maximum Gasteiger partial charge on any atom is 0.357 e. The Morgan fingerprint density at radius 2 is 1.57 bits per heavy atom. The molecule has 1 aliphatic heterocycles. The van der Waals surface area contributed by atoms with E-state index in [1.165, 1.54) is 65.6 Å². The van der Waals surface area contributed by atoms with Gasteiger partial charge in [-0.05, 0) is 60.9 Å². The number of benzene rings is 3. The molecule has 8 nitrogen and oxygen atoms in total. The summed E-state index contributed by atoms with van der Waals surface area (Å²) >= 11 is 0. The zero-order chi connectivity index (χ0) is 25.3. The maximum absolute atomic E-state index is 13.4. The number of hydrogen-bond donors (Lipinski definition) is 4. The van der Waals surface area contributed by atoms with Crippen LogP contribution in [0.3, 0.4) is 0 Å². The molecule has 184 valence electrons. The largest absolute Gasteiger partial charge is 0.508 e. The van der Waals surface area contributed by atoms with Gasteiger partial charge in [-0.1, -0.05) is 18.2 Å². The minimum absolute atomic E-state index is 0.0870. The summed E-state index contributed by atoms with van der Waals surface area (Å²) in [7, 11) is -4.56. The number of aromatic hydroxyl groups is 1. The van der Waals surface area contributed by atoms with Crippen LogP contribution in [0.5, 0.6) is 5.75 Å². The molecule has 11 heteroatoms. The van der Waals surface area contributed by atoms with Crippen LogP contribution in [-0.4, -0.2) is 29.1 Å². The van der Waals surface area contributed by atoms with E-state index in [1.54, 1.807) is 0 Å². The highest BCUT2D eigenvalue weighted by molar-refractivity contribution is 7.87. The lowest BCUT2D eigenvalue weighted by Gasteiger charge is -2.48. The van der Waals surface area contributed by atoms with Crippen molar-refractivity contribution in [1.82, 2.24) is 0 Å². The van der Waals surface area contributed by atoms with Gasteiger partial charge < -0.3 is 15.1 Å². The van der Waals surface area contributed by atoms with Crippen molar-refractivity contribution >= 4 is 27.6 Å². The predicted octanol–water partition coefficient (Wildman–Crippen LogP) is 4.10. The SMILES string of the molecule is O=C1C(CCC(O)c2ccc(F)cc2)C(c2ccc(NS(=O)(=O)O)cc2O)N1c1ccc(F)cc1. The van der Waals surface area contributed by atoms with E-state index in [2.05, 4.69) is 0 Å². The van der Waals surface area contributed by atoms with Crippen LogP contribution in [0.25, 0.3) is 0 Å². The van der Waals surface area contributed by atoms with Crippen molar-refractivity contribution in [3.05, 3.63) is 89.5 Å². The van der Waals surface area contributed by atoms with Gasteiger partial charge in [0, 0.05) is 17.3 Å². The first-order chi connectivity index (χ1) is 16.5. The number of halogens is 2. The van der Waals surface area contributed by atoms with Crippen LogP contribution in [0.1, 0.15) is 36.1 Å². The number of carbonyl (C=O) groups excluding carboxylic acids is 1. The van der Waals surface area contributed by atoms with Crippen LogP contribution >= 0.6 is 0 Å². The molecule has 4 rings (SSSR count). The molecule has 0 saturated carbocycles. The zero-order valence-electron chi connectivity index (χ0n) is 18.2. The van der Waals surface area contributed by atoms with Crippen LogP contribution in [0.2, 0.25) is 0 Å². The number of aliphatic hydroxyl groups is 1. The molecule has 1 saturated heterocycles. The van der Waals surface area contributed by atoms with Gasteiger partial charge in [0.2, 0.25) is 5.91 Å². The molecule has 3 aromatic rings. The highest BCUT2D eigenvalue weighted by Crippen LogP contribution is 2.48. The quantitative estimate of drug-likeness (QED) is 0.270. The Kier molecular flexibility index (Phi) is 6.75. The lowest BCUT2D eigenvalue weighted by atomic mass is 9.78. The topological polar surface area (TPSA) is 127 Å². The highest BCUT2D eigenvalue weighted by atomic mass is 32.2. The van der Waals surface area contributed by atoms with Gasteiger partial charge in [0.1, 0.15) is 17.4 Å². The number of anilines is 2. The van der Waals surface area contributed by atoms with E-state index in [0.29, 0.717) is 16.8 Å². The molecule has 1 amide bonds. The average Bonchev–Trinajstić information content (AvgIpc) is 2.78. The Morgan fingerprint density at radius 3 is 2.14 bits per heavy atom. The third-order valence-electron chi connectivity index (χ3n) is 5.92. The number of rotatable bonds is 8. The van der Waals surface area contributed by atoms with Gasteiger partial charge in [-0.15, -0.1) is 0 Å². The van der Waals surface area contributed by atoms with Crippen molar-refractivity contribution in [1.29, 1.82) is 0 Å². The Balaban J connectivity index is 1.61. The van der Waals surface area contributed by atoms with Gasteiger partial charge in [-0.3, -0.25) is 14.1 Å². The fourth-order valence-electron chi connectivity index (χ4n) is 4.27. The fourth-order valence-corrected chi connectivity index (χ4v) is 4.70. The maximum atomic E-state index is 13.4. The number of aliphatic hydroxyl groups excluding tert-OH is 1. The van der Waals surface area contributed by atoms with Crippen LogP contribution in [0.15, 0.2) is 66.7 Å². The molecular formula is C24H22F2N2O6S. The van der Waals surface area contributed by atoms with Crippen molar-refractivity contribution in [2.45, 2.75) is 25.0 Å². The minimum Gasteiger partial charge on any atom is -0.508 e. The normalized spacial score (nSPS) is 18.7. The van der Waals surface area contributed by atoms with Crippen molar-refractivity contribution < 1.29 is 36.8 Å². The lowest BCUT2D eigenvalue weighted by Crippen LogP contribution is -2.55. The molecule has 4 N–H and O–H groups in total. The summed E-state index contributed by atoms with van der Waals surface area (Å²) in [5.41, 5.74) is 1.11.